The van der Waals surface area contributed by atoms with Gasteiger partial charge in [0, 0.05) is 45.0 Å². The Morgan fingerprint density at radius 2 is 2.19 bits per heavy atom. The van der Waals surface area contributed by atoms with Crippen LogP contribution in [-0.4, -0.2) is 54.7 Å². The van der Waals surface area contributed by atoms with Crippen LogP contribution in [0.4, 0.5) is 0 Å². The molecule has 6 heteroatoms. The third-order valence-corrected chi connectivity index (χ3v) is 4.75. The van der Waals surface area contributed by atoms with Gasteiger partial charge in [-0.15, -0.1) is 0 Å². The molecule has 2 rings (SSSR count). The summed E-state index contributed by atoms with van der Waals surface area (Å²) >= 11 is 0. The van der Waals surface area contributed by atoms with Crippen molar-refractivity contribution >= 4 is 5.96 Å². The number of pyridine rings is 1. The lowest BCUT2D eigenvalue weighted by Gasteiger charge is -2.35. The second-order valence-corrected chi connectivity index (χ2v) is 7.12. The fourth-order valence-corrected chi connectivity index (χ4v) is 3.37. The van der Waals surface area contributed by atoms with Gasteiger partial charge in [-0.05, 0) is 45.2 Å². The summed E-state index contributed by atoms with van der Waals surface area (Å²) in [4.78, 5) is 11.3. The lowest BCUT2D eigenvalue weighted by Crippen LogP contribution is -2.45. The third-order valence-electron chi connectivity index (χ3n) is 4.75. The Hall–Kier alpha value is -1.82. The van der Waals surface area contributed by atoms with Gasteiger partial charge in [0.1, 0.15) is 0 Å². The predicted molar refractivity (Wildman–Crippen MR) is 108 cm³/mol. The Bertz CT molecular complexity index is 544. The summed E-state index contributed by atoms with van der Waals surface area (Å²) in [5.74, 6) is 1.50. The number of nitrogens with zero attached hydrogens (tertiary/aromatic N) is 3. The van der Waals surface area contributed by atoms with Crippen molar-refractivity contribution in [2.24, 2.45) is 4.99 Å². The van der Waals surface area contributed by atoms with E-state index in [1.54, 1.807) is 0 Å². The van der Waals surface area contributed by atoms with Crippen molar-refractivity contribution < 1.29 is 4.74 Å². The molecule has 1 aliphatic heterocycles. The average Bonchev–Trinajstić information content (AvgIpc) is 2.65. The summed E-state index contributed by atoms with van der Waals surface area (Å²) in [6.45, 7) is 10.2. The molecule has 1 aromatic heterocycles. The van der Waals surface area contributed by atoms with Crippen molar-refractivity contribution in [3.05, 3.63) is 23.9 Å². The summed E-state index contributed by atoms with van der Waals surface area (Å²) in [6, 6.07) is 4.69. The highest BCUT2D eigenvalue weighted by Gasteiger charge is 2.19. The number of rotatable bonds is 8. The van der Waals surface area contributed by atoms with Crippen molar-refractivity contribution in [1.29, 1.82) is 0 Å². The monoisotopic (exact) mass is 361 g/mol. The van der Waals surface area contributed by atoms with Crippen LogP contribution in [0.1, 0.15) is 52.0 Å². The number of ether oxygens (including phenoxy) is 1. The Morgan fingerprint density at radius 3 is 2.85 bits per heavy atom. The first-order valence-corrected chi connectivity index (χ1v) is 9.92. The Balaban J connectivity index is 1.72. The number of hydrogen-bond acceptors (Lipinski definition) is 4. The molecular weight excluding hydrogens is 326 g/mol. The fraction of sp³-hybridized carbons (Fsp3) is 0.700. The number of guanidine groups is 1. The van der Waals surface area contributed by atoms with Gasteiger partial charge in [0.05, 0.1) is 6.10 Å². The van der Waals surface area contributed by atoms with E-state index < -0.39 is 0 Å². The highest BCUT2D eigenvalue weighted by molar-refractivity contribution is 5.79. The highest BCUT2D eigenvalue weighted by Crippen LogP contribution is 2.18. The van der Waals surface area contributed by atoms with Crippen molar-refractivity contribution in [1.82, 2.24) is 20.5 Å². The lowest BCUT2D eigenvalue weighted by atomic mass is 10.0. The van der Waals surface area contributed by atoms with E-state index in [0.29, 0.717) is 12.4 Å². The van der Waals surface area contributed by atoms with Crippen molar-refractivity contribution in [2.75, 3.05) is 26.7 Å². The first kappa shape index (κ1) is 20.5. The molecule has 0 amide bonds. The lowest BCUT2D eigenvalue weighted by molar-refractivity contribution is 0.147. The molecule has 1 aliphatic rings. The van der Waals surface area contributed by atoms with Crippen molar-refractivity contribution in [3.63, 3.8) is 0 Å². The second-order valence-electron chi connectivity index (χ2n) is 7.12. The van der Waals surface area contributed by atoms with E-state index in [1.807, 2.05) is 39.2 Å². The molecule has 2 heterocycles. The third kappa shape index (κ3) is 6.83. The quantitative estimate of drug-likeness (QED) is 0.551. The van der Waals surface area contributed by atoms with E-state index in [2.05, 4.69) is 32.4 Å². The maximum atomic E-state index is 5.57. The number of aromatic nitrogens is 1. The summed E-state index contributed by atoms with van der Waals surface area (Å²) in [6.07, 6.45) is 7.27. The van der Waals surface area contributed by atoms with Gasteiger partial charge in [-0.1, -0.05) is 19.4 Å². The maximum Gasteiger partial charge on any atom is 0.213 e. The van der Waals surface area contributed by atoms with Crippen molar-refractivity contribution in [3.8, 4) is 5.88 Å². The minimum Gasteiger partial charge on any atom is -0.475 e. The number of hydrogen-bond donors (Lipinski definition) is 2. The van der Waals surface area contributed by atoms with Crippen LogP contribution in [0, 0.1) is 0 Å². The summed E-state index contributed by atoms with van der Waals surface area (Å²) < 4.78 is 5.57. The first-order valence-electron chi connectivity index (χ1n) is 9.92. The second kappa shape index (κ2) is 11.0. The standard InChI is InChI=1S/C20H35N5O/c1-5-18-8-6-7-12-25(18)13-11-22-20(21-4)24-15-17-9-10-19(23-14-17)26-16(2)3/h9-10,14,16,18H,5-8,11-13,15H2,1-4H3,(H2,21,22,24). The molecule has 1 saturated heterocycles. The largest absolute Gasteiger partial charge is 0.475 e. The smallest absolute Gasteiger partial charge is 0.213 e. The predicted octanol–water partition coefficient (Wildman–Crippen LogP) is 2.80. The average molecular weight is 362 g/mol. The summed E-state index contributed by atoms with van der Waals surface area (Å²) in [5, 5.41) is 6.77. The maximum absolute atomic E-state index is 5.57. The number of piperidine rings is 1. The van der Waals surface area contributed by atoms with Crippen molar-refractivity contribution in [2.45, 2.75) is 65.1 Å². The Labute approximate surface area is 158 Å². The van der Waals surface area contributed by atoms with Gasteiger partial charge in [0.2, 0.25) is 5.88 Å². The number of likely N-dealkylation sites (tertiary alicyclic amines) is 1. The molecule has 1 aromatic rings. The van der Waals surface area contributed by atoms with Crippen LogP contribution in [-0.2, 0) is 6.54 Å². The van der Waals surface area contributed by atoms with Crippen LogP contribution in [0.2, 0.25) is 0 Å². The Morgan fingerprint density at radius 1 is 1.35 bits per heavy atom. The number of nitrogens with one attached hydrogen (secondary N) is 2. The molecule has 0 aromatic carbocycles. The van der Waals surface area contributed by atoms with E-state index in [0.717, 1.165) is 30.7 Å². The van der Waals surface area contributed by atoms with E-state index >= 15 is 0 Å². The van der Waals surface area contributed by atoms with Gasteiger partial charge < -0.3 is 15.4 Å². The van der Waals surface area contributed by atoms with Crippen LogP contribution in [0.15, 0.2) is 23.3 Å². The minimum absolute atomic E-state index is 0.140. The molecule has 0 aliphatic carbocycles. The van der Waals surface area contributed by atoms with E-state index in [4.69, 9.17) is 4.74 Å². The zero-order valence-corrected chi connectivity index (χ0v) is 16.8. The first-order chi connectivity index (χ1) is 12.6. The van der Waals surface area contributed by atoms with Gasteiger partial charge in [-0.25, -0.2) is 4.98 Å². The summed E-state index contributed by atoms with van der Waals surface area (Å²) in [5.41, 5.74) is 1.10. The molecule has 1 atom stereocenters. The van der Waals surface area contributed by atoms with Crippen LogP contribution in [0.25, 0.3) is 0 Å². The molecule has 0 saturated carbocycles. The van der Waals surface area contributed by atoms with Crippen LogP contribution >= 0.6 is 0 Å². The van der Waals surface area contributed by atoms with Gasteiger partial charge in [0.25, 0.3) is 0 Å². The van der Waals surface area contributed by atoms with Crippen LogP contribution in [0.3, 0.4) is 0 Å². The molecular formula is C20H35N5O. The summed E-state index contributed by atoms with van der Waals surface area (Å²) in [7, 11) is 1.81. The van der Waals surface area contributed by atoms with Gasteiger partial charge in [-0.2, -0.15) is 0 Å². The van der Waals surface area contributed by atoms with E-state index in [1.165, 1.54) is 32.2 Å². The van der Waals surface area contributed by atoms with Gasteiger partial charge >= 0.3 is 0 Å². The van der Waals surface area contributed by atoms with Crippen LogP contribution < -0.4 is 15.4 Å². The van der Waals surface area contributed by atoms with E-state index in [-0.39, 0.29) is 6.10 Å². The fourth-order valence-electron chi connectivity index (χ4n) is 3.37. The zero-order valence-electron chi connectivity index (χ0n) is 16.8. The molecule has 26 heavy (non-hydrogen) atoms. The molecule has 6 nitrogen and oxygen atoms in total. The zero-order chi connectivity index (χ0) is 18.8. The normalized spacial score (nSPS) is 18.8. The molecule has 0 spiro atoms. The molecule has 146 valence electrons. The molecule has 0 radical (unpaired) electrons. The van der Waals surface area contributed by atoms with Gasteiger partial charge in [-0.3, -0.25) is 9.89 Å². The number of aliphatic imine (C=N–C) groups is 1. The van der Waals surface area contributed by atoms with Gasteiger partial charge in [0.15, 0.2) is 5.96 Å². The van der Waals surface area contributed by atoms with E-state index in [9.17, 15) is 0 Å². The highest BCUT2D eigenvalue weighted by atomic mass is 16.5. The Kier molecular flexibility index (Phi) is 8.68. The topological polar surface area (TPSA) is 61.8 Å². The SMILES string of the molecule is CCC1CCCCN1CCNC(=NC)NCc1ccc(OC(C)C)nc1. The van der Waals surface area contributed by atoms with Crippen LogP contribution in [0.5, 0.6) is 5.88 Å². The molecule has 0 bridgehead atoms. The molecule has 1 unspecified atom stereocenters. The minimum atomic E-state index is 0.140. The molecule has 1 fully saturated rings. The molecule has 2 N–H and O–H groups in total.